The first-order chi connectivity index (χ1) is 15.5. The van der Waals surface area contributed by atoms with Crippen LogP contribution in [-0.2, 0) is 32.3 Å². The highest BCUT2D eigenvalue weighted by Crippen LogP contribution is 2.09. The van der Waals surface area contributed by atoms with E-state index in [1.165, 1.54) is 0 Å². The predicted molar refractivity (Wildman–Crippen MR) is 117 cm³/mol. The maximum atomic E-state index is 12.0. The monoisotopic (exact) mass is 436 g/mol. The van der Waals surface area contributed by atoms with Crippen molar-refractivity contribution in [1.82, 2.24) is 19.9 Å². The third-order valence-electron chi connectivity index (χ3n) is 4.34. The van der Waals surface area contributed by atoms with Crippen LogP contribution in [0.5, 0.6) is 0 Å². The molecule has 0 unspecified atom stereocenters. The van der Waals surface area contributed by atoms with Crippen molar-refractivity contribution in [3.63, 3.8) is 0 Å². The first kappa shape index (κ1) is 22.6. The zero-order valence-corrected chi connectivity index (χ0v) is 17.9. The number of benzene rings is 1. The minimum absolute atomic E-state index is 0.0422. The van der Waals surface area contributed by atoms with Crippen LogP contribution in [0.3, 0.4) is 0 Å². The summed E-state index contributed by atoms with van der Waals surface area (Å²) in [7, 11) is 3.44. The highest BCUT2D eigenvalue weighted by Gasteiger charge is 2.12. The Kier molecular flexibility index (Phi) is 8.02. The van der Waals surface area contributed by atoms with Crippen molar-refractivity contribution < 1.29 is 19.1 Å². The molecule has 0 saturated carbocycles. The number of aromatic nitrogens is 4. The van der Waals surface area contributed by atoms with Crippen LogP contribution in [0.2, 0.25) is 0 Å². The molecule has 0 bridgehead atoms. The maximum Gasteiger partial charge on any atom is 0.325 e. The molecule has 166 valence electrons. The molecule has 0 amide bonds. The molecule has 0 atom stereocenters. The minimum atomic E-state index is -0.385. The van der Waals surface area contributed by atoms with Crippen LogP contribution in [0, 0.1) is 0 Å². The van der Waals surface area contributed by atoms with Gasteiger partial charge in [0.2, 0.25) is 11.9 Å². The SMILES string of the molecule is CN(CC(=O)OCc1ccc(COC(=O)CN(C)c2ncccn2)cc1)c1ncccn1. The van der Waals surface area contributed by atoms with Gasteiger partial charge >= 0.3 is 11.9 Å². The van der Waals surface area contributed by atoms with Gasteiger partial charge in [-0.3, -0.25) is 9.59 Å². The lowest BCUT2D eigenvalue weighted by molar-refractivity contribution is -0.144. The van der Waals surface area contributed by atoms with Crippen LogP contribution in [0.1, 0.15) is 11.1 Å². The summed E-state index contributed by atoms with van der Waals surface area (Å²) >= 11 is 0. The Balaban J connectivity index is 1.39. The molecular formula is C22H24N6O4. The Hall–Kier alpha value is -4.08. The molecule has 1 aromatic carbocycles. The van der Waals surface area contributed by atoms with Crippen molar-refractivity contribution in [2.24, 2.45) is 0 Å². The summed E-state index contributed by atoms with van der Waals surface area (Å²) in [5.74, 6) is 0.130. The summed E-state index contributed by atoms with van der Waals surface area (Å²) in [6, 6.07) is 10.7. The minimum Gasteiger partial charge on any atom is -0.459 e. The Morgan fingerprint density at radius 2 is 1.03 bits per heavy atom. The molecule has 0 aliphatic rings. The number of nitrogens with zero attached hydrogens (tertiary/aromatic N) is 6. The van der Waals surface area contributed by atoms with Crippen molar-refractivity contribution in [3.8, 4) is 0 Å². The Labute approximate surface area is 185 Å². The van der Waals surface area contributed by atoms with E-state index < -0.39 is 0 Å². The van der Waals surface area contributed by atoms with Gasteiger partial charge in [0.05, 0.1) is 0 Å². The van der Waals surface area contributed by atoms with E-state index in [-0.39, 0.29) is 38.2 Å². The molecule has 3 aromatic rings. The van der Waals surface area contributed by atoms with Gasteiger partial charge in [0.15, 0.2) is 0 Å². The third kappa shape index (κ3) is 7.01. The number of carbonyl (C=O) groups excluding carboxylic acids is 2. The lowest BCUT2D eigenvalue weighted by Crippen LogP contribution is -2.28. The van der Waals surface area contributed by atoms with Crippen LogP contribution in [-0.4, -0.2) is 59.1 Å². The number of esters is 2. The average Bonchev–Trinajstić information content (AvgIpc) is 2.83. The molecule has 0 spiro atoms. The lowest BCUT2D eigenvalue weighted by Gasteiger charge is -2.16. The normalized spacial score (nSPS) is 10.3. The third-order valence-corrected chi connectivity index (χ3v) is 4.34. The molecule has 0 saturated heterocycles. The van der Waals surface area contributed by atoms with E-state index in [4.69, 9.17) is 9.47 Å². The molecule has 0 radical (unpaired) electrons. The van der Waals surface area contributed by atoms with Crippen molar-refractivity contribution in [2.75, 3.05) is 37.0 Å². The number of hydrogen-bond acceptors (Lipinski definition) is 10. The molecular weight excluding hydrogens is 412 g/mol. The second-order valence-electron chi connectivity index (χ2n) is 6.95. The van der Waals surface area contributed by atoms with Gasteiger partial charge in [-0.25, -0.2) is 19.9 Å². The lowest BCUT2D eigenvalue weighted by atomic mass is 10.1. The van der Waals surface area contributed by atoms with E-state index in [2.05, 4.69) is 19.9 Å². The fraction of sp³-hybridized carbons (Fsp3) is 0.273. The van der Waals surface area contributed by atoms with Crippen LogP contribution >= 0.6 is 0 Å². The van der Waals surface area contributed by atoms with Gasteiger partial charge in [-0.05, 0) is 23.3 Å². The molecule has 2 heterocycles. The number of likely N-dealkylation sites (N-methyl/N-ethyl adjacent to an activating group) is 2. The zero-order valence-electron chi connectivity index (χ0n) is 17.9. The number of hydrogen-bond donors (Lipinski definition) is 0. The van der Waals surface area contributed by atoms with Gasteiger partial charge in [-0.2, -0.15) is 0 Å². The van der Waals surface area contributed by atoms with Crippen LogP contribution < -0.4 is 9.80 Å². The van der Waals surface area contributed by atoms with E-state index in [1.807, 2.05) is 24.3 Å². The first-order valence-electron chi connectivity index (χ1n) is 9.86. The number of rotatable bonds is 10. The highest BCUT2D eigenvalue weighted by atomic mass is 16.5. The van der Waals surface area contributed by atoms with Gasteiger partial charge in [0.25, 0.3) is 0 Å². The number of carbonyl (C=O) groups is 2. The molecule has 0 N–H and O–H groups in total. The van der Waals surface area contributed by atoms with E-state index in [0.717, 1.165) is 11.1 Å². The van der Waals surface area contributed by atoms with Crippen molar-refractivity contribution >= 4 is 23.8 Å². The standard InChI is InChI=1S/C22H24N6O4/c1-27(21-23-9-3-10-24-21)13-19(29)31-15-17-5-7-18(8-6-17)16-32-20(30)14-28(2)22-25-11-4-12-26-22/h3-12H,13-16H2,1-2H3. The summed E-state index contributed by atoms with van der Waals surface area (Å²) in [5.41, 5.74) is 1.65. The molecule has 10 heteroatoms. The fourth-order valence-electron chi connectivity index (χ4n) is 2.66. The van der Waals surface area contributed by atoms with Gasteiger partial charge in [0.1, 0.15) is 26.3 Å². The first-order valence-corrected chi connectivity index (χ1v) is 9.86. The van der Waals surface area contributed by atoms with E-state index >= 15 is 0 Å². The molecule has 0 aliphatic carbocycles. The van der Waals surface area contributed by atoms with Crippen LogP contribution in [0.4, 0.5) is 11.9 Å². The summed E-state index contributed by atoms with van der Waals surface area (Å²) in [6.07, 6.45) is 6.44. The number of anilines is 2. The summed E-state index contributed by atoms with van der Waals surface area (Å²) in [6.45, 7) is 0.371. The molecule has 3 rings (SSSR count). The van der Waals surface area contributed by atoms with Crippen molar-refractivity contribution in [3.05, 3.63) is 72.3 Å². The van der Waals surface area contributed by atoms with E-state index in [0.29, 0.717) is 11.9 Å². The number of ether oxygens (including phenoxy) is 2. The Bertz CT molecular complexity index is 919. The van der Waals surface area contributed by atoms with Gasteiger partial charge in [-0.15, -0.1) is 0 Å². The second kappa shape index (κ2) is 11.3. The molecule has 0 aliphatic heterocycles. The summed E-state index contributed by atoms with van der Waals surface area (Å²) in [5, 5.41) is 0. The topological polar surface area (TPSA) is 111 Å². The summed E-state index contributed by atoms with van der Waals surface area (Å²) < 4.78 is 10.6. The molecule has 0 fully saturated rings. The van der Waals surface area contributed by atoms with Gasteiger partial charge in [-0.1, -0.05) is 24.3 Å². The zero-order chi connectivity index (χ0) is 22.8. The van der Waals surface area contributed by atoms with Crippen LogP contribution in [0.15, 0.2) is 61.2 Å². The quantitative estimate of drug-likeness (QED) is 0.435. The molecule has 2 aromatic heterocycles. The highest BCUT2D eigenvalue weighted by molar-refractivity contribution is 5.75. The second-order valence-corrected chi connectivity index (χ2v) is 6.95. The van der Waals surface area contributed by atoms with Gasteiger partial charge < -0.3 is 19.3 Å². The van der Waals surface area contributed by atoms with E-state index in [1.54, 1.807) is 60.8 Å². The largest absolute Gasteiger partial charge is 0.459 e. The predicted octanol–water partition coefficient (Wildman–Crippen LogP) is 1.63. The Morgan fingerprint density at radius 1 is 0.688 bits per heavy atom. The molecule has 32 heavy (non-hydrogen) atoms. The average molecular weight is 436 g/mol. The van der Waals surface area contributed by atoms with Crippen molar-refractivity contribution in [2.45, 2.75) is 13.2 Å². The van der Waals surface area contributed by atoms with Gasteiger partial charge in [0, 0.05) is 38.9 Å². The Morgan fingerprint density at radius 3 is 1.38 bits per heavy atom. The smallest absolute Gasteiger partial charge is 0.325 e. The van der Waals surface area contributed by atoms with Crippen LogP contribution in [0.25, 0.3) is 0 Å². The maximum absolute atomic E-state index is 12.0. The van der Waals surface area contributed by atoms with Crippen molar-refractivity contribution in [1.29, 1.82) is 0 Å². The van der Waals surface area contributed by atoms with E-state index in [9.17, 15) is 9.59 Å². The summed E-state index contributed by atoms with van der Waals surface area (Å²) in [4.78, 5) is 43.6. The fourth-order valence-corrected chi connectivity index (χ4v) is 2.66. The molecule has 10 nitrogen and oxygen atoms in total.